The predicted molar refractivity (Wildman–Crippen MR) is 118 cm³/mol. The molecule has 4 aromatic rings. The molecule has 0 fully saturated rings. The maximum atomic E-state index is 12.6. The van der Waals surface area contributed by atoms with Crippen LogP contribution in [0.1, 0.15) is 29.8 Å². The minimum atomic E-state index is -0.185. The van der Waals surface area contributed by atoms with Crippen molar-refractivity contribution in [2.24, 2.45) is 5.92 Å². The van der Waals surface area contributed by atoms with Crippen molar-refractivity contribution in [3.63, 3.8) is 0 Å². The molecule has 6 heteroatoms. The fourth-order valence-electron chi connectivity index (χ4n) is 2.95. The summed E-state index contributed by atoms with van der Waals surface area (Å²) < 4.78 is 5.66. The van der Waals surface area contributed by atoms with Crippen molar-refractivity contribution in [2.75, 3.05) is 11.9 Å². The first-order chi connectivity index (χ1) is 14.5. The summed E-state index contributed by atoms with van der Waals surface area (Å²) in [7, 11) is 0. The van der Waals surface area contributed by atoms with Crippen LogP contribution in [-0.2, 0) is 0 Å². The highest BCUT2D eigenvalue weighted by Crippen LogP contribution is 2.19. The number of aromatic nitrogens is 3. The molecule has 0 unspecified atom stereocenters. The lowest BCUT2D eigenvalue weighted by molar-refractivity contribution is 0.102. The van der Waals surface area contributed by atoms with Gasteiger partial charge in [-0.05, 0) is 67.4 Å². The topological polar surface area (TPSA) is 69.0 Å². The molecule has 0 aliphatic rings. The monoisotopic (exact) mass is 400 g/mol. The summed E-state index contributed by atoms with van der Waals surface area (Å²) in [6.07, 6.45) is 0. The van der Waals surface area contributed by atoms with Gasteiger partial charge in [-0.1, -0.05) is 31.5 Å². The maximum absolute atomic E-state index is 12.6. The van der Waals surface area contributed by atoms with Crippen molar-refractivity contribution in [3.05, 3.63) is 77.9 Å². The van der Waals surface area contributed by atoms with E-state index in [1.807, 2.05) is 61.5 Å². The highest BCUT2D eigenvalue weighted by molar-refractivity contribution is 6.05. The summed E-state index contributed by atoms with van der Waals surface area (Å²) in [4.78, 5) is 14.2. The van der Waals surface area contributed by atoms with E-state index in [9.17, 15) is 4.79 Å². The number of carbonyl (C=O) groups excluding carboxylic acids is 1. The lowest BCUT2D eigenvalue weighted by Gasteiger charge is -2.09. The molecule has 0 saturated heterocycles. The van der Waals surface area contributed by atoms with E-state index in [2.05, 4.69) is 29.4 Å². The molecule has 4 rings (SSSR count). The van der Waals surface area contributed by atoms with Crippen molar-refractivity contribution in [2.45, 2.75) is 20.8 Å². The SMILES string of the molecule is Cc1ccc(-n2nc3ccc(NC(=O)c4ccc(OCC(C)C)cc4)cc3n2)cc1. The average Bonchev–Trinajstić information content (AvgIpc) is 3.16. The van der Waals surface area contributed by atoms with Crippen molar-refractivity contribution >= 4 is 22.6 Å². The van der Waals surface area contributed by atoms with E-state index in [4.69, 9.17) is 4.74 Å². The number of amides is 1. The van der Waals surface area contributed by atoms with Gasteiger partial charge in [0.25, 0.3) is 5.91 Å². The van der Waals surface area contributed by atoms with Gasteiger partial charge in [-0.2, -0.15) is 4.80 Å². The normalized spacial score (nSPS) is 11.1. The smallest absolute Gasteiger partial charge is 0.255 e. The zero-order chi connectivity index (χ0) is 21.1. The van der Waals surface area contributed by atoms with Crippen LogP contribution in [-0.4, -0.2) is 27.5 Å². The molecule has 1 N–H and O–H groups in total. The third-order valence-corrected chi connectivity index (χ3v) is 4.60. The Bertz CT molecular complexity index is 1160. The molecule has 1 aromatic heterocycles. The van der Waals surface area contributed by atoms with Gasteiger partial charge in [0, 0.05) is 11.3 Å². The number of hydrogen-bond acceptors (Lipinski definition) is 4. The fourth-order valence-corrected chi connectivity index (χ4v) is 2.95. The van der Waals surface area contributed by atoms with Gasteiger partial charge in [-0.15, -0.1) is 10.2 Å². The second-order valence-electron chi connectivity index (χ2n) is 7.71. The Morgan fingerprint density at radius 2 is 1.67 bits per heavy atom. The number of nitrogens with one attached hydrogen (secondary N) is 1. The molecule has 30 heavy (non-hydrogen) atoms. The first kappa shape index (κ1) is 19.6. The number of nitrogens with zero attached hydrogens (tertiary/aromatic N) is 3. The Morgan fingerprint density at radius 1 is 0.967 bits per heavy atom. The van der Waals surface area contributed by atoms with Crippen LogP contribution in [0.2, 0.25) is 0 Å². The van der Waals surface area contributed by atoms with Gasteiger partial charge in [-0.25, -0.2) is 0 Å². The van der Waals surface area contributed by atoms with E-state index in [1.54, 1.807) is 16.9 Å². The maximum Gasteiger partial charge on any atom is 0.255 e. The quantitative estimate of drug-likeness (QED) is 0.494. The number of carbonyl (C=O) groups is 1. The number of fused-ring (bicyclic) bond motifs is 1. The van der Waals surface area contributed by atoms with E-state index >= 15 is 0 Å². The third-order valence-electron chi connectivity index (χ3n) is 4.60. The average molecular weight is 400 g/mol. The van der Waals surface area contributed by atoms with Crippen LogP contribution in [0, 0.1) is 12.8 Å². The number of rotatable bonds is 6. The Balaban J connectivity index is 1.48. The second-order valence-corrected chi connectivity index (χ2v) is 7.71. The molecule has 0 saturated carbocycles. The first-order valence-corrected chi connectivity index (χ1v) is 9.96. The molecule has 1 heterocycles. The van der Waals surface area contributed by atoms with E-state index in [-0.39, 0.29) is 5.91 Å². The fraction of sp³-hybridized carbons (Fsp3) is 0.208. The minimum absolute atomic E-state index is 0.185. The predicted octanol–water partition coefficient (Wildman–Crippen LogP) is 5.02. The number of anilines is 1. The minimum Gasteiger partial charge on any atom is -0.493 e. The highest BCUT2D eigenvalue weighted by atomic mass is 16.5. The van der Waals surface area contributed by atoms with Crippen molar-refractivity contribution in [3.8, 4) is 11.4 Å². The number of aryl methyl sites for hydroxylation is 1. The molecule has 152 valence electrons. The number of ether oxygens (including phenoxy) is 1. The molecule has 0 aliphatic heterocycles. The second kappa shape index (κ2) is 8.37. The molecule has 0 bridgehead atoms. The number of hydrogen-bond donors (Lipinski definition) is 1. The molecule has 0 aliphatic carbocycles. The third kappa shape index (κ3) is 4.49. The standard InChI is InChI=1S/C24H24N4O2/c1-16(2)15-30-21-11-6-18(7-12-21)24(29)25-19-8-13-22-23(14-19)27-28(26-22)20-9-4-17(3)5-10-20/h4-14,16H,15H2,1-3H3,(H,25,29). The van der Waals surface area contributed by atoms with Gasteiger partial charge in [0.05, 0.1) is 12.3 Å². The zero-order valence-corrected chi connectivity index (χ0v) is 17.3. The van der Waals surface area contributed by atoms with Crippen LogP contribution < -0.4 is 10.1 Å². The van der Waals surface area contributed by atoms with Gasteiger partial charge < -0.3 is 10.1 Å². The number of benzene rings is 3. The Morgan fingerprint density at radius 3 is 2.37 bits per heavy atom. The van der Waals surface area contributed by atoms with Gasteiger partial charge in [0.1, 0.15) is 16.8 Å². The Labute approximate surface area is 175 Å². The van der Waals surface area contributed by atoms with Crippen LogP contribution in [0.25, 0.3) is 16.7 Å². The Hall–Kier alpha value is -3.67. The summed E-state index contributed by atoms with van der Waals surface area (Å²) in [5.74, 6) is 1.02. The van der Waals surface area contributed by atoms with Crippen molar-refractivity contribution in [1.82, 2.24) is 15.0 Å². The summed E-state index contributed by atoms with van der Waals surface area (Å²) >= 11 is 0. The van der Waals surface area contributed by atoms with Crippen LogP contribution in [0.4, 0.5) is 5.69 Å². The lowest BCUT2D eigenvalue weighted by Crippen LogP contribution is -2.12. The molecule has 6 nitrogen and oxygen atoms in total. The lowest BCUT2D eigenvalue weighted by atomic mass is 10.2. The van der Waals surface area contributed by atoms with Gasteiger partial charge >= 0.3 is 0 Å². The molecular weight excluding hydrogens is 376 g/mol. The van der Waals surface area contributed by atoms with Crippen LogP contribution >= 0.6 is 0 Å². The van der Waals surface area contributed by atoms with E-state index in [1.165, 1.54) is 5.56 Å². The molecule has 1 amide bonds. The zero-order valence-electron chi connectivity index (χ0n) is 17.3. The van der Waals surface area contributed by atoms with Gasteiger partial charge in [0.15, 0.2) is 0 Å². The molecule has 0 atom stereocenters. The van der Waals surface area contributed by atoms with Crippen LogP contribution in [0.3, 0.4) is 0 Å². The van der Waals surface area contributed by atoms with Gasteiger partial charge in [0.2, 0.25) is 0 Å². The van der Waals surface area contributed by atoms with Crippen LogP contribution in [0.5, 0.6) is 5.75 Å². The first-order valence-electron chi connectivity index (χ1n) is 9.96. The summed E-state index contributed by atoms with van der Waals surface area (Å²) in [6, 6.07) is 20.7. The largest absolute Gasteiger partial charge is 0.493 e. The summed E-state index contributed by atoms with van der Waals surface area (Å²) in [5.41, 5.74) is 4.78. The van der Waals surface area contributed by atoms with Crippen molar-refractivity contribution < 1.29 is 9.53 Å². The molecule has 0 radical (unpaired) electrons. The summed E-state index contributed by atoms with van der Waals surface area (Å²) in [5, 5.41) is 12.0. The highest BCUT2D eigenvalue weighted by Gasteiger charge is 2.10. The Kier molecular flexibility index (Phi) is 5.48. The van der Waals surface area contributed by atoms with E-state index in [0.29, 0.717) is 29.3 Å². The van der Waals surface area contributed by atoms with Crippen LogP contribution in [0.15, 0.2) is 66.7 Å². The molecular formula is C24H24N4O2. The van der Waals surface area contributed by atoms with E-state index < -0.39 is 0 Å². The summed E-state index contributed by atoms with van der Waals surface area (Å²) in [6.45, 7) is 6.88. The molecule has 0 spiro atoms. The molecule has 3 aromatic carbocycles. The van der Waals surface area contributed by atoms with Gasteiger partial charge in [-0.3, -0.25) is 4.79 Å². The van der Waals surface area contributed by atoms with E-state index in [0.717, 1.165) is 17.0 Å². The van der Waals surface area contributed by atoms with Crippen molar-refractivity contribution in [1.29, 1.82) is 0 Å².